The number of hydrogen-bond donors (Lipinski definition) is 0. The van der Waals surface area contributed by atoms with Gasteiger partial charge in [-0.2, -0.15) is 0 Å². The summed E-state index contributed by atoms with van der Waals surface area (Å²) in [6, 6.07) is 76.9. The summed E-state index contributed by atoms with van der Waals surface area (Å²) in [5.41, 5.74) is 18.6. The first-order valence-electron chi connectivity index (χ1n) is 27.0. The Bertz CT molecular complexity index is 4700. The number of para-hydroxylation sites is 2. The Balaban J connectivity index is 0.931. The molecule has 0 saturated carbocycles. The summed E-state index contributed by atoms with van der Waals surface area (Å²) in [5.74, 6) is 0. The Kier molecular flexibility index (Phi) is 10.1. The third-order valence-corrected chi connectivity index (χ3v) is 16.7. The SMILES string of the molecule is CCc1ccccc1N(c1ccc2cc(N3c4ccccc4C(C)(C)c4cc5c6c7ccccc7ccc6n(-c6cccnc6)c5cc43)ccc2c1)c1cc2c(cc1CC)c1c3ccccc3ccc1n2-c1cccnc1. The molecule has 0 saturated heterocycles. The van der Waals surface area contributed by atoms with Gasteiger partial charge in [0.1, 0.15) is 0 Å². The van der Waals surface area contributed by atoms with Crippen LogP contribution < -0.4 is 9.80 Å². The minimum absolute atomic E-state index is 0.283. The van der Waals surface area contributed by atoms with E-state index < -0.39 is 0 Å². The fourth-order valence-corrected chi connectivity index (χ4v) is 13.1. The standard InChI is InChI=1S/C71H54N6/c1-5-45-17-9-13-25-61(45)74(65-41-66-57(39-46(65)6-2)69-55-22-10-7-18-47(55)29-33-63(69)76(66)53-20-15-35-72-43-53)51-31-27-50-38-52(32-28-49(50)37-51)75-62-26-14-12-24-59(62)71(3,4)60-40-58-67(42-68(60)75)77(54-21-16-36-73-44-54)64-34-30-48-19-8-11-23-56(48)70(58)64/h7-44H,5-6H2,1-4H3. The Labute approximate surface area is 447 Å². The molecule has 0 N–H and O–H groups in total. The van der Waals surface area contributed by atoms with Crippen LogP contribution >= 0.6 is 0 Å². The monoisotopic (exact) mass is 990 g/mol. The Morgan fingerprint density at radius 1 is 0.403 bits per heavy atom. The summed E-state index contributed by atoms with van der Waals surface area (Å²) in [5, 5.41) is 12.3. The number of fused-ring (bicyclic) bond motifs is 13. The molecule has 0 atom stereocenters. The minimum Gasteiger partial charge on any atom is -0.310 e. The zero-order valence-electron chi connectivity index (χ0n) is 43.5. The van der Waals surface area contributed by atoms with Crippen molar-refractivity contribution in [1.82, 2.24) is 19.1 Å². The van der Waals surface area contributed by atoms with Gasteiger partial charge in [-0.3, -0.25) is 9.97 Å². The molecule has 5 heterocycles. The van der Waals surface area contributed by atoms with Gasteiger partial charge in [0, 0.05) is 56.4 Å². The Morgan fingerprint density at radius 3 is 1.66 bits per heavy atom. The summed E-state index contributed by atoms with van der Waals surface area (Å²) in [4.78, 5) is 14.3. The van der Waals surface area contributed by atoms with E-state index in [9.17, 15) is 0 Å². The average molecular weight is 991 g/mol. The number of benzene rings is 10. The fraction of sp³-hybridized carbons (Fsp3) is 0.0986. The van der Waals surface area contributed by atoms with E-state index in [1.54, 1.807) is 0 Å². The number of rotatable bonds is 8. The molecule has 6 heteroatoms. The zero-order chi connectivity index (χ0) is 51.5. The first-order chi connectivity index (χ1) is 37.9. The molecule has 1 aliphatic rings. The first kappa shape index (κ1) is 44.9. The largest absolute Gasteiger partial charge is 0.310 e. The Morgan fingerprint density at radius 2 is 0.987 bits per heavy atom. The second-order valence-electron chi connectivity index (χ2n) is 21.2. The van der Waals surface area contributed by atoms with Crippen LogP contribution in [0.25, 0.3) is 87.3 Å². The highest BCUT2D eigenvalue weighted by Crippen LogP contribution is 2.55. The van der Waals surface area contributed by atoms with E-state index in [0.717, 1.165) is 46.6 Å². The zero-order valence-corrected chi connectivity index (χ0v) is 43.5. The lowest BCUT2D eigenvalue weighted by atomic mass is 9.73. The van der Waals surface area contributed by atoms with Crippen molar-refractivity contribution in [3.8, 4) is 11.4 Å². The van der Waals surface area contributed by atoms with E-state index in [1.807, 2.05) is 36.9 Å². The van der Waals surface area contributed by atoms with Crippen molar-refractivity contribution in [2.24, 2.45) is 0 Å². The molecular weight excluding hydrogens is 937 g/mol. The van der Waals surface area contributed by atoms with Crippen LogP contribution in [0, 0.1) is 0 Å². The number of pyridine rings is 2. The van der Waals surface area contributed by atoms with Gasteiger partial charge in [0.15, 0.2) is 0 Å². The highest BCUT2D eigenvalue weighted by Gasteiger charge is 2.38. The number of nitrogens with zero attached hydrogens (tertiary/aromatic N) is 6. The van der Waals surface area contributed by atoms with Crippen molar-refractivity contribution >= 4 is 110 Å². The lowest BCUT2D eigenvalue weighted by Gasteiger charge is -2.42. The molecule has 0 fully saturated rings. The molecule has 77 heavy (non-hydrogen) atoms. The number of aromatic nitrogens is 4. The highest BCUT2D eigenvalue weighted by molar-refractivity contribution is 6.23. The maximum absolute atomic E-state index is 4.63. The van der Waals surface area contributed by atoms with E-state index >= 15 is 0 Å². The molecular formula is C71H54N6. The van der Waals surface area contributed by atoms with Gasteiger partial charge in [0.05, 0.1) is 62.9 Å². The number of anilines is 6. The molecule has 6 nitrogen and oxygen atoms in total. The van der Waals surface area contributed by atoms with Crippen molar-refractivity contribution in [2.45, 2.75) is 46.0 Å². The average Bonchev–Trinajstić information content (AvgIpc) is 4.03. The summed E-state index contributed by atoms with van der Waals surface area (Å²) >= 11 is 0. The maximum atomic E-state index is 4.63. The van der Waals surface area contributed by atoms with Crippen LogP contribution in [0.1, 0.15) is 49.9 Å². The fourth-order valence-electron chi connectivity index (χ4n) is 13.1. The smallest absolute Gasteiger partial charge is 0.0645 e. The van der Waals surface area contributed by atoms with E-state index in [1.165, 1.54) is 110 Å². The maximum Gasteiger partial charge on any atom is 0.0645 e. The molecule has 0 bridgehead atoms. The molecule has 15 rings (SSSR count). The van der Waals surface area contributed by atoms with Gasteiger partial charge in [0.25, 0.3) is 0 Å². The molecule has 1 aliphatic heterocycles. The second kappa shape index (κ2) is 17.3. The molecule has 14 aromatic rings. The predicted octanol–water partition coefficient (Wildman–Crippen LogP) is 18.8. The van der Waals surface area contributed by atoms with E-state index in [4.69, 9.17) is 0 Å². The van der Waals surface area contributed by atoms with Crippen LogP contribution in [0.4, 0.5) is 34.1 Å². The molecule has 10 aromatic carbocycles. The van der Waals surface area contributed by atoms with Crippen molar-refractivity contribution in [3.05, 3.63) is 253 Å². The highest BCUT2D eigenvalue weighted by atomic mass is 15.2. The van der Waals surface area contributed by atoms with Gasteiger partial charge in [0.2, 0.25) is 0 Å². The van der Waals surface area contributed by atoms with Crippen LogP contribution in [-0.2, 0) is 18.3 Å². The summed E-state index contributed by atoms with van der Waals surface area (Å²) in [6.07, 6.45) is 9.43. The third kappa shape index (κ3) is 6.74. The molecule has 0 spiro atoms. The molecule has 0 aliphatic carbocycles. The van der Waals surface area contributed by atoms with Gasteiger partial charge in [-0.25, -0.2) is 0 Å². The van der Waals surface area contributed by atoms with Crippen molar-refractivity contribution in [1.29, 1.82) is 0 Å². The van der Waals surface area contributed by atoms with Crippen LogP contribution in [0.5, 0.6) is 0 Å². The van der Waals surface area contributed by atoms with Gasteiger partial charge >= 0.3 is 0 Å². The summed E-state index contributed by atoms with van der Waals surface area (Å²) in [7, 11) is 0. The van der Waals surface area contributed by atoms with Gasteiger partial charge < -0.3 is 18.9 Å². The van der Waals surface area contributed by atoms with Crippen molar-refractivity contribution in [3.63, 3.8) is 0 Å². The van der Waals surface area contributed by atoms with Gasteiger partial charge in [-0.1, -0.05) is 137 Å². The number of hydrogen-bond acceptors (Lipinski definition) is 4. The molecule has 0 unspecified atom stereocenters. The van der Waals surface area contributed by atoms with Crippen LogP contribution in [0.2, 0.25) is 0 Å². The third-order valence-electron chi connectivity index (χ3n) is 16.7. The molecule has 0 amide bonds. The molecule has 368 valence electrons. The van der Waals surface area contributed by atoms with Crippen LogP contribution in [0.3, 0.4) is 0 Å². The van der Waals surface area contributed by atoms with E-state index in [0.29, 0.717) is 0 Å². The van der Waals surface area contributed by atoms with Crippen LogP contribution in [0.15, 0.2) is 231 Å². The van der Waals surface area contributed by atoms with Crippen molar-refractivity contribution < 1.29 is 0 Å². The lowest BCUT2D eigenvalue weighted by Crippen LogP contribution is -2.30. The predicted molar refractivity (Wildman–Crippen MR) is 323 cm³/mol. The quantitative estimate of drug-likeness (QED) is 0.152. The van der Waals surface area contributed by atoms with E-state index in [2.05, 4.69) is 251 Å². The molecule has 0 radical (unpaired) electrons. The first-order valence-corrected chi connectivity index (χ1v) is 27.0. The molecule has 4 aromatic heterocycles. The van der Waals surface area contributed by atoms with Crippen LogP contribution in [-0.4, -0.2) is 19.1 Å². The minimum atomic E-state index is -0.283. The summed E-state index contributed by atoms with van der Waals surface area (Å²) in [6.45, 7) is 9.33. The normalized spacial score (nSPS) is 13.1. The van der Waals surface area contributed by atoms with E-state index in [-0.39, 0.29) is 5.41 Å². The second-order valence-corrected chi connectivity index (χ2v) is 21.2. The van der Waals surface area contributed by atoms with Gasteiger partial charge in [-0.05, 0) is 164 Å². The summed E-state index contributed by atoms with van der Waals surface area (Å²) < 4.78 is 4.81. The topological polar surface area (TPSA) is 42.1 Å². The Hall–Kier alpha value is -9.52. The van der Waals surface area contributed by atoms with Gasteiger partial charge in [-0.15, -0.1) is 0 Å². The number of aryl methyl sites for hydroxylation is 2. The lowest BCUT2D eigenvalue weighted by molar-refractivity contribution is 0.633. The van der Waals surface area contributed by atoms with Crippen molar-refractivity contribution in [2.75, 3.05) is 9.80 Å².